The first kappa shape index (κ1) is 15.3. The molecule has 0 aromatic rings. The minimum atomic E-state index is 0.337. The Hall–Kier alpha value is -0.0800. The summed E-state index contributed by atoms with van der Waals surface area (Å²) < 4.78 is 0. The summed E-state index contributed by atoms with van der Waals surface area (Å²) in [5.74, 6) is 1.89. The van der Waals surface area contributed by atoms with Crippen LogP contribution in [0.4, 0.5) is 0 Å². The lowest BCUT2D eigenvalue weighted by Crippen LogP contribution is -2.63. The molecule has 1 saturated heterocycles. The molecule has 2 aliphatic rings. The Balaban J connectivity index is 1.97. The van der Waals surface area contributed by atoms with Crippen molar-refractivity contribution in [2.75, 3.05) is 19.6 Å². The first-order valence-corrected chi connectivity index (χ1v) is 8.57. The molecule has 0 aromatic carbocycles. The molecule has 0 radical (unpaired) electrons. The zero-order valence-electron chi connectivity index (χ0n) is 13.5. The van der Waals surface area contributed by atoms with Gasteiger partial charge in [-0.25, -0.2) is 0 Å². The molecule has 112 valence electrons. The molecule has 1 N–H and O–H groups in total. The van der Waals surface area contributed by atoms with Gasteiger partial charge in [0.05, 0.1) is 0 Å². The standard InChI is InChI=1S/C17H34N2/c1-5-16-11-18-17(4,6-2)13-19(16)12-15-10-8-7-9-14(15)3/h14-16,18H,5-13H2,1-4H3. The van der Waals surface area contributed by atoms with Crippen LogP contribution in [0.15, 0.2) is 0 Å². The SMILES string of the molecule is CCC1CNC(C)(CC)CN1CC1CCCCC1C. The van der Waals surface area contributed by atoms with Crippen molar-refractivity contribution >= 4 is 0 Å². The number of piperazine rings is 1. The summed E-state index contributed by atoms with van der Waals surface area (Å²) in [6, 6.07) is 0.758. The maximum absolute atomic E-state index is 3.78. The first-order valence-electron chi connectivity index (χ1n) is 8.57. The fraction of sp³-hybridized carbons (Fsp3) is 1.00. The Bertz CT molecular complexity index is 278. The van der Waals surface area contributed by atoms with Gasteiger partial charge in [-0.15, -0.1) is 0 Å². The molecule has 1 aliphatic carbocycles. The van der Waals surface area contributed by atoms with Gasteiger partial charge in [0.1, 0.15) is 0 Å². The van der Waals surface area contributed by atoms with E-state index in [-0.39, 0.29) is 0 Å². The van der Waals surface area contributed by atoms with Gasteiger partial charge in [0.15, 0.2) is 0 Å². The average Bonchev–Trinajstić information content (AvgIpc) is 2.42. The molecule has 19 heavy (non-hydrogen) atoms. The molecule has 2 heteroatoms. The van der Waals surface area contributed by atoms with Crippen molar-refractivity contribution in [1.29, 1.82) is 0 Å². The number of rotatable bonds is 4. The second-order valence-corrected chi connectivity index (χ2v) is 7.31. The third kappa shape index (κ3) is 3.72. The second-order valence-electron chi connectivity index (χ2n) is 7.31. The van der Waals surface area contributed by atoms with Crippen molar-refractivity contribution in [3.63, 3.8) is 0 Å². The molecule has 4 unspecified atom stereocenters. The molecule has 1 heterocycles. The molecule has 1 saturated carbocycles. The molecule has 0 spiro atoms. The molecule has 2 fully saturated rings. The van der Waals surface area contributed by atoms with E-state index in [1.54, 1.807) is 0 Å². The zero-order chi connectivity index (χ0) is 13.9. The summed E-state index contributed by atoms with van der Waals surface area (Å²) in [7, 11) is 0. The van der Waals surface area contributed by atoms with Crippen LogP contribution in [0.2, 0.25) is 0 Å². The Labute approximate surface area is 120 Å². The summed E-state index contributed by atoms with van der Waals surface area (Å²) in [5.41, 5.74) is 0.337. The zero-order valence-corrected chi connectivity index (χ0v) is 13.5. The van der Waals surface area contributed by atoms with Gasteiger partial charge >= 0.3 is 0 Å². The van der Waals surface area contributed by atoms with Crippen molar-refractivity contribution in [2.45, 2.75) is 77.8 Å². The molecule has 4 atom stereocenters. The number of hydrogen-bond acceptors (Lipinski definition) is 2. The predicted octanol–water partition coefficient (Wildman–Crippen LogP) is 3.67. The highest BCUT2D eigenvalue weighted by Crippen LogP contribution is 2.32. The summed E-state index contributed by atoms with van der Waals surface area (Å²) >= 11 is 0. The fourth-order valence-corrected chi connectivity index (χ4v) is 3.95. The predicted molar refractivity (Wildman–Crippen MR) is 83.5 cm³/mol. The van der Waals surface area contributed by atoms with E-state index >= 15 is 0 Å². The van der Waals surface area contributed by atoms with Crippen LogP contribution in [-0.2, 0) is 0 Å². The van der Waals surface area contributed by atoms with Crippen LogP contribution >= 0.6 is 0 Å². The van der Waals surface area contributed by atoms with Crippen molar-refractivity contribution in [3.05, 3.63) is 0 Å². The van der Waals surface area contributed by atoms with Crippen molar-refractivity contribution < 1.29 is 0 Å². The van der Waals surface area contributed by atoms with Crippen molar-refractivity contribution in [1.82, 2.24) is 10.2 Å². The highest BCUT2D eigenvalue weighted by Gasteiger charge is 2.35. The second kappa shape index (κ2) is 6.58. The number of hydrogen-bond donors (Lipinski definition) is 1. The molecular weight excluding hydrogens is 232 g/mol. The van der Waals surface area contributed by atoms with Crippen LogP contribution in [0.1, 0.15) is 66.2 Å². The van der Waals surface area contributed by atoms with E-state index in [1.807, 2.05) is 0 Å². The maximum Gasteiger partial charge on any atom is 0.0278 e. The number of nitrogens with zero attached hydrogens (tertiary/aromatic N) is 1. The Morgan fingerprint density at radius 2 is 1.95 bits per heavy atom. The van der Waals surface area contributed by atoms with Gasteiger partial charge in [0, 0.05) is 31.2 Å². The van der Waals surface area contributed by atoms with Gasteiger partial charge < -0.3 is 5.32 Å². The lowest BCUT2D eigenvalue weighted by molar-refractivity contribution is 0.0504. The van der Waals surface area contributed by atoms with E-state index in [2.05, 4.69) is 37.9 Å². The van der Waals surface area contributed by atoms with Crippen LogP contribution in [0.5, 0.6) is 0 Å². The van der Waals surface area contributed by atoms with Gasteiger partial charge in [-0.1, -0.05) is 40.0 Å². The monoisotopic (exact) mass is 266 g/mol. The average molecular weight is 266 g/mol. The lowest BCUT2D eigenvalue weighted by Gasteiger charge is -2.48. The molecule has 0 amide bonds. The van der Waals surface area contributed by atoms with Gasteiger partial charge in [0.2, 0.25) is 0 Å². The van der Waals surface area contributed by atoms with Gasteiger partial charge in [-0.2, -0.15) is 0 Å². The van der Waals surface area contributed by atoms with Crippen molar-refractivity contribution in [2.24, 2.45) is 11.8 Å². The third-order valence-corrected chi connectivity index (χ3v) is 5.84. The van der Waals surface area contributed by atoms with Crippen molar-refractivity contribution in [3.8, 4) is 0 Å². The van der Waals surface area contributed by atoms with E-state index in [1.165, 1.54) is 58.2 Å². The van der Waals surface area contributed by atoms with E-state index in [0.717, 1.165) is 17.9 Å². The minimum Gasteiger partial charge on any atom is -0.309 e. The van der Waals surface area contributed by atoms with E-state index in [0.29, 0.717) is 5.54 Å². The summed E-state index contributed by atoms with van der Waals surface area (Å²) in [6.07, 6.45) is 8.36. The molecule has 0 bridgehead atoms. The van der Waals surface area contributed by atoms with E-state index < -0.39 is 0 Å². The van der Waals surface area contributed by atoms with Gasteiger partial charge in [-0.3, -0.25) is 4.90 Å². The van der Waals surface area contributed by atoms with Crippen LogP contribution in [0.25, 0.3) is 0 Å². The van der Waals surface area contributed by atoms with Crippen LogP contribution in [-0.4, -0.2) is 36.1 Å². The topological polar surface area (TPSA) is 15.3 Å². The Morgan fingerprint density at radius 1 is 1.21 bits per heavy atom. The summed E-state index contributed by atoms with van der Waals surface area (Å²) in [5, 5.41) is 3.78. The first-order chi connectivity index (χ1) is 9.08. The Morgan fingerprint density at radius 3 is 2.58 bits per heavy atom. The fourth-order valence-electron chi connectivity index (χ4n) is 3.95. The molecule has 0 aromatic heterocycles. The largest absolute Gasteiger partial charge is 0.309 e. The maximum atomic E-state index is 3.78. The highest BCUT2D eigenvalue weighted by atomic mass is 15.2. The van der Waals surface area contributed by atoms with Crippen LogP contribution in [0.3, 0.4) is 0 Å². The van der Waals surface area contributed by atoms with Crippen LogP contribution < -0.4 is 5.32 Å². The third-order valence-electron chi connectivity index (χ3n) is 5.84. The summed E-state index contributed by atoms with van der Waals surface area (Å²) in [4.78, 5) is 2.81. The van der Waals surface area contributed by atoms with E-state index in [4.69, 9.17) is 0 Å². The quantitative estimate of drug-likeness (QED) is 0.835. The minimum absolute atomic E-state index is 0.337. The summed E-state index contributed by atoms with van der Waals surface area (Å²) in [6.45, 7) is 13.3. The molecule has 2 nitrogen and oxygen atoms in total. The van der Waals surface area contributed by atoms with Crippen LogP contribution in [0, 0.1) is 11.8 Å². The van der Waals surface area contributed by atoms with E-state index in [9.17, 15) is 0 Å². The molecular formula is C17H34N2. The highest BCUT2D eigenvalue weighted by molar-refractivity contribution is 4.95. The van der Waals surface area contributed by atoms with Gasteiger partial charge in [0.25, 0.3) is 0 Å². The van der Waals surface area contributed by atoms with Gasteiger partial charge in [-0.05, 0) is 38.0 Å². The lowest BCUT2D eigenvalue weighted by atomic mass is 9.79. The molecule has 1 aliphatic heterocycles. The smallest absolute Gasteiger partial charge is 0.0278 e. The Kier molecular flexibility index (Phi) is 5.30. The normalized spacial score (nSPS) is 41.4. The molecule has 2 rings (SSSR count). The number of nitrogens with one attached hydrogen (secondary N) is 1.